The molecule has 1 aliphatic rings. The molecule has 2 aromatic carbocycles. The van der Waals surface area contributed by atoms with Crippen molar-refractivity contribution in [3.8, 4) is 11.3 Å². The minimum absolute atomic E-state index is 0.216. The van der Waals surface area contributed by atoms with Gasteiger partial charge in [0.15, 0.2) is 11.8 Å². The van der Waals surface area contributed by atoms with Crippen LogP contribution >= 0.6 is 0 Å². The smallest absolute Gasteiger partial charge is 0.254 e. The summed E-state index contributed by atoms with van der Waals surface area (Å²) in [5.41, 5.74) is 16.9. The van der Waals surface area contributed by atoms with Gasteiger partial charge in [0.05, 0.1) is 11.4 Å². The van der Waals surface area contributed by atoms with Crippen molar-refractivity contribution in [3.05, 3.63) is 90.3 Å². The van der Waals surface area contributed by atoms with E-state index in [9.17, 15) is 0 Å². The Balaban J connectivity index is 1.21. The second kappa shape index (κ2) is 8.49. The van der Waals surface area contributed by atoms with Gasteiger partial charge in [-0.1, -0.05) is 48.5 Å². The Kier molecular flexibility index (Phi) is 5.03. The Morgan fingerprint density at radius 1 is 0.943 bits per heavy atom. The first-order chi connectivity index (χ1) is 17.2. The molecule has 10 heteroatoms. The van der Waals surface area contributed by atoms with E-state index in [-0.39, 0.29) is 17.8 Å². The van der Waals surface area contributed by atoms with E-state index in [4.69, 9.17) is 11.5 Å². The van der Waals surface area contributed by atoms with Crippen molar-refractivity contribution >= 4 is 29.2 Å². The molecular weight excluding hydrogens is 440 g/mol. The molecule has 6 rings (SSSR count). The largest absolute Gasteiger partial charge is 0.369 e. The summed E-state index contributed by atoms with van der Waals surface area (Å²) in [5.74, 6) is 1.97. The van der Waals surface area contributed by atoms with Crippen LogP contribution in [0.2, 0.25) is 0 Å². The van der Waals surface area contributed by atoms with E-state index in [1.165, 1.54) is 0 Å². The molecule has 0 aliphatic heterocycles. The topological polar surface area (TPSA) is 145 Å². The minimum Gasteiger partial charge on any atom is -0.369 e. The molecule has 2 atom stereocenters. The van der Waals surface area contributed by atoms with E-state index in [1.807, 2.05) is 60.7 Å². The number of anilines is 2. The number of fused-ring (bicyclic) bond motifs is 1. The first-order valence-electron chi connectivity index (χ1n) is 11.2. The number of para-hydroxylation sites is 1. The van der Waals surface area contributed by atoms with Crippen LogP contribution in [-0.2, 0) is 0 Å². The Bertz CT molecular complexity index is 1530. The van der Waals surface area contributed by atoms with Crippen LogP contribution < -0.4 is 16.8 Å². The van der Waals surface area contributed by atoms with Gasteiger partial charge in [-0.2, -0.15) is 14.5 Å². The van der Waals surface area contributed by atoms with E-state index >= 15 is 0 Å². The molecule has 35 heavy (non-hydrogen) atoms. The van der Waals surface area contributed by atoms with E-state index < -0.39 is 0 Å². The number of aliphatic imine (C=N–C) groups is 1. The van der Waals surface area contributed by atoms with Crippen molar-refractivity contribution in [2.24, 2.45) is 10.7 Å². The van der Waals surface area contributed by atoms with Gasteiger partial charge in [0.1, 0.15) is 0 Å². The summed E-state index contributed by atoms with van der Waals surface area (Å²) >= 11 is 0. The van der Waals surface area contributed by atoms with Gasteiger partial charge in [-0.05, 0) is 42.2 Å². The lowest BCUT2D eigenvalue weighted by Crippen LogP contribution is -2.22. The Morgan fingerprint density at radius 2 is 1.77 bits per heavy atom. The van der Waals surface area contributed by atoms with Crippen molar-refractivity contribution < 1.29 is 0 Å². The van der Waals surface area contributed by atoms with Gasteiger partial charge in [0.2, 0.25) is 5.95 Å². The van der Waals surface area contributed by atoms with Crippen LogP contribution in [0.15, 0.2) is 84.0 Å². The molecule has 0 spiro atoms. The van der Waals surface area contributed by atoms with Crippen LogP contribution in [0, 0.1) is 0 Å². The zero-order valence-electron chi connectivity index (χ0n) is 18.7. The quantitative estimate of drug-likeness (QED) is 0.266. The van der Waals surface area contributed by atoms with Crippen molar-refractivity contribution in [2.45, 2.75) is 18.3 Å². The maximum atomic E-state index is 6.23. The third-order valence-corrected chi connectivity index (χ3v) is 6.03. The number of nitrogen functional groups attached to an aromatic ring is 1. The molecule has 3 heterocycles. The predicted molar refractivity (Wildman–Crippen MR) is 134 cm³/mol. The fourth-order valence-electron chi connectivity index (χ4n) is 4.34. The summed E-state index contributed by atoms with van der Waals surface area (Å²) in [4.78, 5) is 12.8. The SMILES string of the molecule is NC(=Nc1ccc(-c2ccccc2)nn1)Nc1ccccc1C1CC1c1ccnc2nc(N)nn12. The van der Waals surface area contributed by atoms with Crippen LogP contribution in [0.25, 0.3) is 17.0 Å². The molecule has 0 amide bonds. The number of guanidine groups is 1. The molecule has 172 valence electrons. The number of benzene rings is 2. The molecule has 1 aliphatic carbocycles. The minimum atomic E-state index is 0.216. The highest BCUT2D eigenvalue weighted by molar-refractivity contribution is 5.94. The molecule has 0 bridgehead atoms. The molecule has 5 N–H and O–H groups in total. The number of aromatic nitrogens is 6. The second-order valence-corrected chi connectivity index (χ2v) is 8.35. The lowest BCUT2D eigenvalue weighted by molar-refractivity contribution is 0.831. The molecule has 3 aromatic heterocycles. The number of rotatable bonds is 5. The zero-order valence-corrected chi connectivity index (χ0v) is 18.7. The highest BCUT2D eigenvalue weighted by Crippen LogP contribution is 2.56. The van der Waals surface area contributed by atoms with E-state index in [0.717, 1.165) is 34.6 Å². The maximum absolute atomic E-state index is 6.23. The highest BCUT2D eigenvalue weighted by Gasteiger charge is 2.42. The molecule has 0 saturated heterocycles. The van der Waals surface area contributed by atoms with Crippen LogP contribution in [0.1, 0.15) is 29.5 Å². The van der Waals surface area contributed by atoms with Gasteiger partial charge in [-0.25, -0.2) is 4.98 Å². The predicted octanol–water partition coefficient (Wildman–Crippen LogP) is 3.49. The van der Waals surface area contributed by atoms with Crippen molar-refractivity contribution in [2.75, 3.05) is 11.1 Å². The summed E-state index contributed by atoms with van der Waals surface area (Å²) in [5, 5.41) is 16.0. The fourth-order valence-corrected chi connectivity index (χ4v) is 4.34. The third-order valence-electron chi connectivity index (χ3n) is 6.03. The summed E-state index contributed by atoms with van der Waals surface area (Å²) in [6, 6.07) is 23.6. The lowest BCUT2D eigenvalue weighted by Gasteiger charge is -2.12. The Morgan fingerprint density at radius 3 is 2.60 bits per heavy atom. The van der Waals surface area contributed by atoms with E-state index in [0.29, 0.717) is 17.5 Å². The highest BCUT2D eigenvalue weighted by atomic mass is 15.4. The van der Waals surface area contributed by atoms with Crippen LogP contribution in [0.5, 0.6) is 0 Å². The van der Waals surface area contributed by atoms with Crippen molar-refractivity contribution in [1.29, 1.82) is 0 Å². The molecule has 1 fully saturated rings. The fraction of sp³-hybridized carbons (Fsp3) is 0.120. The van der Waals surface area contributed by atoms with Gasteiger partial charge in [-0.15, -0.1) is 15.3 Å². The summed E-state index contributed by atoms with van der Waals surface area (Å²) in [6.07, 6.45) is 2.72. The third kappa shape index (κ3) is 4.12. The molecule has 0 radical (unpaired) electrons. The molecule has 5 aromatic rings. The number of nitrogens with zero attached hydrogens (tertiary/aromatic N) is 7. The van der Waals surface area contributed by atoms with Gasteiger partial charge >= 0.3 is 0 Å². The van der Waals surface area contributed by atoms with Crippen LogP contribution in [-0.4, -0.2) is 35.7 Å². The monoisotopic (exact) mass is 462 g/mol. The van der Waals surface area contributed by atoms with Gasteiger partial charge < -0.3 is 16.8 Å². The number of hydrogen-bond acceptors (Lipinski definition) is 7. The Hall–Kier alpha value is -4.86. The average molecular weight is 463 g/mol. The van der Waals surface area contributed by atoms with Crippen molar-refractivity contribution in [3.63, 3.8) is 0 Å². The van der Waals surface area contributed by atoms with Gasteiger partial charge in [0, 0.05) is 23.4 Å². The second-order valence-electron chi connectivity index (χ2n) is 8.35. The van der Waals surface area contributed by atoms with Gasteiger partial charge in [0.25, 0.3) is 5.78 Å². The lowest BCUT2D eigenvalue weighted by atomic mass is 10.1. The molecule has 1 saturated carbocycles. The van der Waals surface area contributed by atoms with Crippen molar-refractivity contribution in [1.82, 2.24) is 29.8 Å². The van der Waals surface area contributed by atoms with Gasteiger partial charge in [-0.3, -0.25) is 0 Å². The number of nitrogens with one attached hydrogen (secondary N) is 1. The van der Waals surface area contributed by atoms with E-state index in [2.05, 4.69) is 41.6 Å². The maximum Gasteiger partial charge on any atom is 0.254 e. The summed E-state index contributed by atoms with van der Waals surface area (Å²) in [7, 11) is 0. The van der Waals surface area contributed by atoms with Crippen LogP contribution in [0.4, 0.5) is 17.5 Å². The standard InChI is InChI=1S/C25H22N10/c26-23(30-22-11-10-19(32-33-22)15-6-2-1-3-7-15)29-20-9-5-4-8-16(20)17-14-18(17)21-12-13-28-25-31-24(27)34-35(21)25/h1-13,17-18H,14H2,(H2,27,34)(H3,26,29,30,33). The molecule has 2 unspecified atom stereocenters. The molecular formula is C25H22N10. The van der Waals surface area contributed by atoms with Crippen LogP contribution in [0.3, 0.4) is 0 Å². The number of nitrogens with two attached hydrogens (primary N) is 2. The first-order valence-corrected chi connectivity index (χ1v) is 11.2. The molecule has 10 nitrogen and oxygen atoms in total. The summed E-state index contributed by atoms with van der Waals surface area (Å²) in [6.45, 7) is 0. The summed E-state index contributed by atoms with van der Waals surface area (Å²) < 4.78 is 1.73. The zero-order chi connectivity index (χ0) is 23.8. The van der Waals surface area contributed by atoms with E-state index in [1.54, 1.807) is 16.8 Å². The normalized spacial score (nSPS) is 17.4. The number of hydrogen-bond donors (Lipinski definition) is 3. The first kappa shape index (κ1) is 20.7. The average Bonchev–Trinajstić information content (AvgIpc) is 3.57. The Labute approximate surface area is 200 Å².